The summed E-state index contributed by atoms with van der Waals surface area (Å²) in [4.78, 5) is 19.3. The van der Waals surface area contributed by atoms with Gasteiger partial charge < -0.3 is 14.7 Å². The van der Waals surface area contributed by atoms with E-state index in [1.54, 1.807) is 24.4 Å². The number of methoxy groups -OCH3 is 1. The lowest BCUT2D eigenvalue weighted by atomic mass is 10.0. The number of carbonyl (C=O) groups is 1. The van der Waals surface area contributed by atoms with Gasteiger partial charge in [0.05, 0.1) is 19.8 Å². The largest absolute Gasteiger partial charge is 0.496 e. The van der Waals surface area contributed by atoms with Gasteiger partial charge in [0.2, 0.25) is 0 Å². The highest BCUT2D eigenvalue weighted by Gasteiger charge is 2.24. The number of nitrogens with zero attached hydrogens (tertiary/aromatic N) is 2. The molecule has 0 spiro atoms. The highest BCUT2D eigenvalue weighted by Crippen LogP contribution is 2.30. The van der Waals surface area contributed by atoms with Crippen molar-refractivity contribution in [2.24, 2.45) is 0 Å². The fraction of sp³-hybridized carbons (Fsp3) is 0.250. The highest BCUT2D eigenvalue weighted by atomic mass is 16.5. The molecule has 150 valence electrons. The molecule has 0 fully saturated rings. The third kappa shape index (κ3) is 4.81. The summed E-state index contributed by atoms with van der Waals surface area (Å²) < 4.78 is 5.46. The van der Waals surface area contributed by atoms with Crippen LogP contribution in [0.1, 0.15) is 29.3 Å². The minimum Gasteiger partial charge on any atom is -0.496 e. The molecule has 0 bridgehead atoms. The summed E-state index contributed by atoms with van der Waals surface area (Å²) in [6.07, 6.45) is 4.11. The summed E-state index contributed by atoms with van der Waals surface area (Å²) in [6, 6.07) is 18.8. The molecular weight excluding hydrogens is 364 g/mol. The van der Waals surface area contributed by atoms with Crippen LogP contribution in [0.25, 0.3) is 11.1 Å². The van der Waals surface area contributed by atoms with Crippen LogP contribution < -0.4 is 4.74 Å². The Labute approximate surface area is 171 Å². The Morgan fingerprint density at radius 2 is 1.97 bits per heavy atom. The molecule has 0 aliphatic carbocycles. The molecule has 5 heteroatoms. The van der Waals surface area contributed by atoms with Gasteiger partial charge in [0.25, 0.3) is 5.91 Å². The van der Waals surface area contributed by atoms with Crippen molar-refractivity contribution in [1.82, 2.24) is 9.88 Å². The monoisotopic (exact) mass is 390 g/mol. The Morgan fingerprint density at radius 3 is 2.66 bits per heavy atom. The summed E-state index contributed by atoms with van der Waals surface area (Å²) in [7, 11) is 1.64. The smallest absolute Gasteiger partial charge is 0.254 e. The van der Waals surface area contributed by atoms with Crippen molar-refractivity contribution in [2.45, 2.75) is 25.9 Å². The number of amides is 1. The zero-order chi connectivity index (χ0) is 20.6. The van der Waals surface area contributed by atoms with Gasteiger partial charge in [0.15, 0.2) is 0 Å². The number of ether oxygens (including phenoxy) is 1. The Morgan fingerprint density at radius 1 is 1.14 bits per heavy atom. The van der Waals surface area contributed by atoms with E-state index in [4.69, 9.17) is 4.74 Å². The molecule has 1 atom stereocenters. The SMILES string of the molecule is CCC(CO)N(Cc1cccnc1)C(=O)c1cccc(-c2ccccc2OC)c1. The van der Waals surface area contributed by atoms with Gasteiger partial charge in [0.1, 0.15) is 5.75 Å². The van der Waals surface area contributed by atoms with E-state index in [9.17, 15) is 9.90 Å². The van der Waals surface area contributed by atoms with Crippen LogP contribution >= 0.6 is 0 Å². The first-order valence-corrected chi connectivity index (χ1v) is 9.72. The average molecular weight is 390 g/mol. The van der Waals surface area contributed by atoms with Crippen LogP contribution in [0.5, 0.6) is 5.75 Å². The molecule has 0 aliphatic heterocycles. The third-order valence-electron chi connectivity index (χ3n) is 4.99. The topological polar surface area (TPSA) is 62.7 Å². The van der Waals surface area contributed by atoms with Crippen molar-refractivity contribution in [1.29, 1.82) is 0 Å². The number of rotatable bonds is 8. The average Bonchev–Trinajstić information content (AvgIpc) is 2.79. The van der Waals surface area contributed by atoms with Gasteiger partial charge in [-0.1, -0.05) is 43.3 Å². The van der Waals surface area contributed by atoms with E-state index in [1.165, 1.54) is 0 Å². The lowest BCUT2D eigenvalue weighted by Gasteiger charge is -2.30. The van der Waals surface area contributed by atoms with Crippen molar-refractivity contribution in [3.63, 3.8) is 0 Å². The van der Waals surface area contributed by atoms with E-state index < -0.39 is 0 Å². The summed E-state index contributed by atoms with van der Waals surface area (Å²) >= 11 is 0. The molecule has 2 aromatic carbocycles. The fourth-order valence-corrected chi connectivity index (χ4v) is 3.37. The quantitative estimate of drug-likeness (QED) is 0.627. The molecule has 0 saturated carbocycles. The number of hydrogen-bond donors (Lipinski definition) is 1. The Hall–Kier alpha value is -3.18. The van der Waals surface area contributed by atoms with Gasteiger partial charge >= 0.3 is 0 Å². The van der Waals surface area contributed by atoms with Crippen molar-refractivity contribution in [3.8, 4) is 16.9 Å². The van der Waals surface area contributed by atoms with E-state index in [0.29, 0.717) is 18.5 Å². The molecule has 0 aliphatic rings. The first-order chi connectivity index (χ1) is 14.2. The lowest BCUT2D eigenvalue weighted by molar-refractivity contribution is 0.0563. The van der Waals surface area contributed by atoms with E-state index in [1.807, 2.05) is 67.6 Å². The summed E-state index contributed by atoms with van der Waals surface area (Å²) in [5.74, 6) is 0.637. The second-order valence-electron chi connectivity index (χ2n) is 6.82. The summed E-state index contributed by atoms with van der Waals surface area (Å²) in [6.45, 7) is 2.27. The Kier molecular flexibility index (Phi) is 6.98. The van der Waals surface area contributed by atoms with Crippen molar-refractivity contribution >= 4 is 5.91 Å². The second-order valence-corrected chi connectivity index (χ2v) is 6.82. The zero-order valence-corrected chi connectivity index (χ0v) is 16.8. The van der Waals surface area contributed by atoms with Gasteiger partial charge in [-0.05, 0) is 41.8 Å². The van der Waals surface area contributed by atoms with E-state index >= 15 is 0 Å². The molecule has 3 rings (SSSR count). The first-order valence-electron chi connectivity index (χ1n) is 9.72. The molecule has 1 aromatic heterocycles. The zero-order valence-electron chi connectivity index (χ0n) is 16.8. The van der Waals surface area contributed by atoms with Crippen molar-refractivity contribution < 1.29 is 14.6 Å². The van der Waals surface area contributed by atoms with E-state index in [-0.39, 0.29) is 18.6 Å². The number of benzene rings is 2. The number of aliphatic hydroxyl groups is 1. The van der Waals surface area contributed by atoms with Crippen LogP contribution in [-0.4, -0.2) is 40.7 Å². The molecule has 0 saturated heterocycles. The van der Waals surface area contributed by atoms with Crippen LogP contribution in [0.2, 0.25) is 0 Å². The molecule has 29 heavy (non-hydrogen) atoms. The van der Waals surface area contributed by atoms with Gasteiger partial charge in [-0.3, -0.25) is 9.78 Å². The first kappa shape index (κ1) is 20.6. The van der Waals surface area contributed by atoms with Crippen LogP contribution in [0.15, 0.2) is 73.1 Å². The van der Waals surface area contributed by atoms with Crippen LogP contribution in [-0.2, 0) is 6.54 Å². The minimum atomic E-state index is -0.266. The third-order valence-corrected chi connectivity index (χ3v) is 4.99. The van der Waals surface area contributed by atoms with Crippen molar-refractivity contribution in [3.05, 3.63) is 84.2 Å². The molecule has 1 amide bonds. The van der Waals surface area contributed by atoms with Gasteiger partial charge in [-0.15, -0.1) is 0 Å². The molecule has 1 N–H and O–H groups in total. The summed E-state index contributed by atoms with van der Waals surface area (Å²) in [5, 5.41) is 9.85. The van der Waals surface area contributed by atoms with Crippen LogP contribution in [0.4, 0.5) is 0 Å². The molecule has 0 radical (unpaired) electrons. The van der Waals surface area contributed by atoms with Gasteiger partial charge in [-0.25, -0.2) is 0 Å². The standard InChI is InChI=1S/C24H26N2O3/c1-3-21(17-27)26(16-18-8-7-13-25-15-18)24(28)20-10-6-9-19(14-20)22-11-4-5-12-23(22)29-2/h4-15,21,27H,3,16-17H2,1-2H3. The number of carbonyl (C=O) groups excluding carboxylic acids is 1. The molecular formula is C24H26N2O3. The van der Waals surface area contributed by atoms with Gasteiger partial charge in [-0.2, -0.15) is 0 Å². The van der Waals surface area contributed by atoms with Crippen LogP contribution in [0, 0.1) is 0 Å². The van der Waals surface area contributed by atoms with Crippen molar-refractivity contribution in [2.75, 3.05) is 13.7 Å². The highest BCUT2D eigenvalue weighted by molar-refractivity contribution is 5.96. The minimum absolute atomic E-state index is 0.0886. The number of pyridine rings is 1. The Bertz CT molecular complexity index is 940. The predicted molar refractivity (Wildman–Crippen MR) is 114 cm³/mol. The lowest BCUT2D eigenvalue weighted by Crippen LogP contribution is -2.41. The molecule has 3 aromatic rings. The normalized spacial score (nSPS) is 11.7. The van der Waals surface area contributed by atoms with E-state index in [2.05, 4.69) is 4.98 Å². The van der Waals surface area contributed by atoms with Crippen LogP contribution in [0.3, 0.4) is 0 Å². The molecule has 5 nitrogen and oxygen atoms in total. The number of aliphatic hydroxyl groups excluding tert-OH is 1. The maximum Gasteiger partial charge on any atom is 0.254 e. The fourth-order valence-electron chi connectivity index (χ4n) is 3.37. The van der Waals surface area contributed by atoms with Gasteiger partial charge in [0, 0.05) is 30.1 Å². The maximum atomic E-state index is 13.4. The number of para-hydroxylation sites is 1. The second kappa shape index (κ2) is 9.85. The molecule has 1 unspecified atom stereocenters. The number of hydrogen-bond acceptors (Lipinski definition) is 4. The number of aromatic nitrogens is 1. The maximum absolute atomic E-state index is 13.4. The summed E-state index contributed by atoms with van der Waals surface area (Å²) in [5.41, 5.74) is 3.34. The predicted octanol–water partition coefficient (Wildman–Crippen LogP) is 4.17. The molecule has 1 heterocycles. The van der Waals surface area contributed by atoms with E-state index in [0.717, 1.165) is 22.4 Å². The Balaban J connectivity index is 1.95.